The highest BCUT2D eigenvalue weighted by atomic mass is 16.4. The number of hydrogen-bond donors (Lipinski definition) is 2. The summed E-state index contributed by atoms with van der Waals surface area (Å²) in [4.78, 5) is 13.2. The van der Waals surface area contributed by atoms with Gasteiger partial charge in [0.2, 0.25) is 0 Å². The summed E-state index contributed by atoms with van der Waals surface area (Å²) in [6.07, 6.45) is 0.475. The Hall–Kier alpha value is -0.610. The van der Waals surface area contributed by atoms with Gasteiger partial charge in [0.05, 0.1) is 0 Å². The van der Waals surface area contributed by atoms with E-state index in [2.05, 4.69) is 25.7 Å². The summed E-state index contributed by atoms with van der Waals surface area (Å²) in [7, 11) is 0. The Morgan fingerprint density at radius 1 is 1.44 bits per heavy atom. The highest BCUT2D eigenvalue weighted by Crippen LogP contribution is 2.15. The molecule has 0 spiro atoms. The van der Waals surface area contributed by atoms with E-state index in [1.807, 2.05) is 6.92 Å². The van der Waals surface area contributed by atoms with E-state index < -0.39 is 11.5 Å². The van der Waals surface area contributed by atoms with E-state index in [0.29, 0.717) is 12.3 Å². The molecule has 0 aliphatic carbocycles. The summed E-state index contributed by atoms with van der Waals surface area (Å²) in [5, 5.41) is 8.98. The molecule has 0 aromatic carbocycles. The third kappa shape index (κ3) is 4.94. The molecule has 0 aliphatic heterocycles. The van der Waals surface area contributed by atoms with Crippen molar-refractivity contribution < 1.29 is 9.90 Å². The standard InChI is InChI=1S/C12H26N2O2/c1-6-14(8-9(2)3)10(4)7-12(5,13)11(15)16/h9-10H,6-8,13H2,1-5H3,(H,15,16). The van der Waals surface area contributed by atoms with Gasteiger partial charge >= 0.3 is 5.97 Å². The Bertz CT molecular complexity index is 227. The van der Waals surface area contributed by atoms with Crippen LogP contribution in [-0.4, -0.2) is 40.6 Å². The minimum Gasteiger partial charge on any atom is -0.480 e. The minimum absolute atomic E-state index is 0.193. The number of carbonyl (C=O) groups is 1. The molecule has 0 aromatic rings. The van der Waals surface area contributed by atoms with Crippen LogP contribution in [0.2, 0.25) is 0 Å². The molecule has 0 saturated heterocycles. The van der Waals surface area contributed by atoms with E-state index in [0.717, 1.165) is 13.1 Å². The van der Waals surface area contributed by atoms with Crippen LogP contribution >= 0.6 is 0 Å². The van der Waals surface area contributed by atoms with Crippen LogP contribution in [0, 0.1) is 5.92 Å². The van der Waals surface area contributed by atoms with Gasteiger partial charge < -0.3 is 15.7 Å². The first-order valence-corrected chi connectivity index (χ1v) is 5.97. The predicted molar refractivity (Wildman–Crippen MR) is 66.4 cm³/mol. The number of carboxylic acid groups (broad SMARTS) is 1. The van der Waals surface area contributed by atoms with Gasteiger partial charge in [-0.05, 0) is 32.7 Å². The summed E-state index contributed by atoms with van der Waals surface area (Å²) in [5.41, 5.74) is 4.62. The van der Waals surface area contributed by atoms with Crippen LogP contribution in [0.3, 0.4) is 0 Å². The quantitative estimate of drug-likeness (QED) is 0.696. The van der Waals surface area contributed by atoms with Crippen molar-refractivity contribution >= 4 is 5.97 Å². The lowest BCUT2D eigenvalue weighted by Gasteiger charge is -2.33. The van der Waals surface area contributed by atoms with Crippen molar-refractivity contribution in [1.29, 1.82) is 0 Å². The number of carboxylic acids is 1. The van der Waals surface area contributed by atoms with Crippen molar-refractivity contribution in [3.63, 3.8) is 0 Å². The van der Waals surface area contributed by atoms with E-state index in [4.69, 9.17) is 10.8 Å². The molecule has 0 rings (SSSR count). The average molecular weight is 230 g/mol. The molecule has 2 atom stereocenters. The Balaban J connectivity index is 4.41. The molecular weight excluding hydrogens is 204 g/mol. The molecule has 0 aliphatic rings. The number of nitrogens with two attached hydrogens (primary N) is 1. The fourth-order valence-corrected chi connectivity index (χ4v) is 1.92. The summed E-state index contributed by atoms with van der Waals surface area (Å²) in [5.74, 6) is -0.351. The molecule has 96 valence electrons. The van der Waals surface area contributed by atoms with Crippen LogP contribution in [-0.2, 0) is 4.79 Å². The third-order valence-corrected chi connectivity index (χ3v) is 2.84. The van der Waals surface area contributed by atoms with Crippen molar-refractivity contribution in [1.82, 2.24) is 4.90 Å². The molecular formula is C12H26N2O2. The van der Waals surface area contributed by atoms with E-state index >= 15 is 0 Å². The molecule has 0 heterocycles. The van der Waals surface area contributed by atoms with Gasteiger partial charge in [0, 0.05) is 12.6 Å². The van der Waals surface area contributed by atoms with Gasteiger partial charge in [-0.2, -0.15) is 0 Å². The molecule has 0 fully saturated rings. The zero-order valence-corrected chi connectivity index (χ0v) is 11.2. The SMILES string of the molecule is CCN(CC(C)C)C(C)CC(C)(N)C(=O)O. The first-order valence-electron chi connectivity index (χ1n) is 5.97. The van der Waals surface area contributed by atoms with Gasteiger partial charge in [-0.1, -0.05) is 20.8 Å². The Morgan fingerprint density at radius 3 is 2.25 bits per heavy atom. The second-order valence-electron chi connectivity index (χ2n) is 5.26. The summed E-state index contributed by atoms with van der Waals surface area (Å²) >= 11 is 0. The molecule has 0 saturated carbocycles. The van der Waals surface area contributed by atoms with Crippen LogP contribution in [0.5, 0.6) is 0 Å². The normalized spacial score (nSPS) is 17.5. The van der Waals surface area contributed by atoms with E-state index in [1.54, 1.807) is 6.92 Å². The maximum absolute atomic E-state index is 10.9. The summed E-state index contributed by atoms with van der Waals surface area (Å²) in [6, 6.07) is 0.193. The van der Waals surface area contributed by atoms with E-state index in [9.17, 15) is 4.79 Å². The summed E-state index contributed by atoms with van der Waals surface area (Å²) < 4.78 is 0. The Morgan fingerprint density at radius 2 is 1.94 bits per heavy atom. The van der Waals surface area contributed by atoms with Crippen LogP contribution in [0.15, 0.2) is 0 Å². The molecule has 0 radical (unpaired) electrons. The second kappa shape index (κ2) is 6.21. The zero-order valence-electron chi connectivity index (χ0n) is 11.2. The third-order valence-electron chi connectivity index (χ3n) is 2.84. The highest BCUT2D eigenvalue weighted by Gasteiger charge is 2.31. The largest absolute Gasteiger partial charge is 0.480 e. The minimum atomic E-state index is -1.14. The van der Waals surface area contributed by atoms with E-state index in [1.165, 1.54) is 0 Å². The first kappa shape index (κ1) is 15.4. The second-order valence-corrected chi connectivity index (χ2v) is 5.26. The number of nitrogens with zero attached hydrogens (tertiary/aromatic N) is 1. The van der Waals surface area contributed by atoms with Gasteiger partial charge in [0.25, 0.3) is 0 Å². The Kier molecular flexibility index (Phi) is 5.97. The van der Waals surface area contributed by atoms with Crippen molar-refractivity contribution in [2.45, 2.75) is 52.6 Å². The van der Waals surface area contributed by atoms with Gasteiger partial charge in [-0.15, -0.1) is 0 Å². The lowest BCUT2D eigenvalue weighted by Crippen LogP contribution is -2.50. The number of hydrogen-bond acceptors (Lipinski definition) is 3. The number of aliphatic carboxylic acids is 1. The molecule has 2 unspecified atom stereocenters. The van der Waals surface area contributed by atoms with Crippen molar-refractivity contribution in [2.75, 3.05) is 13.1 Å². The molecule has 4 heteroatoms. The molecule has 16 heavy (non-hydrogen) atoms. The fraction of sp³-hybridized carbons (Fsp3) is 0.917. The maximum atomic E-state index is 10.9. The Labute approximate surface area is 98.8 Å². The van der Waals surface area contributed by atoms with Gasteiger partial charge in [0.1, 0.15) is 5.54 Å². The zero-order chi connectivity index (χ0) is 12.9. The average Bonchev–Trinajstić information content (AvgIpc) is 2.12. The number of rotatable bonds is 7. The maximum Gasteiger partial charge on any atom is 0.323 e. The highest BCUT2D eigenvalue weighted by molar-refractivity contribution is 5.77. The summed E-state index contributed by atoms with van der Waals surface area (Å²) in [6.45, 7) is 11.9. The van der Waals surface area contributed by atoms with Crippen LogP contribution in [0.25, 0.3) is 0 Å². The van der Waals surface area contributed by atoms with Crippen molar-refractivity contribution in [2.24, 2.45) is 11.7 Å². The topological polar surface area (TPSA) is 66.6 Å². The monoisotopic (exact) mass is 230 g/mol. The van der Waals surface area contributed by atoms with Crippen LogP contribution in [0.4, 0.5) is 0 Å². The predicted octanol–water partition coefficient (Wildman–Crippen LogP) is 1.54. The molecule has 3 N–H and O–H groups in total. The van der Waals surface area contributed by atoms with Crippen LogP contribution in [0.1, 0.15) is 41.0 Å². The van der Waals surface area contributed by atoms with Crippen molar-refractivity contribution in [3.8, 4) is 0 Å². The fourth-order valence-electron chi connectivity index (χ4n) is 1.92. The van der Waals surface area contributed by atoms with Gasteiger partial charge in [0.15, 0.2) is 0 Å². The van der Waals surface area contributed by atoms with E-state index in [-0.39, 0.29) is 6.04 Å². The molecule has 0 amide bonds. The van der Waals surface area contributed by atoms with Gasteiger partial charge in [-0.25, -0.2) is 0 Å². The smallest absolute Gasteiger partial charge is 0.323 e. The van der Waals surface area contributed by atoms with Crippen molar-refractivity contribution in [3.05, 3.63) is 0 Å². The molecule has 4 nitrogen and oxygen atoms in total. The van der Waals surface area contributed by atoms with Gasteiger partial charge in [-0.3, -0.25) is 4.79 Å². The lowest BCUT2D eigenvalue weighted by molar-refractivity contribution is -0.143. The first-order chi connectivity index (χ1) is 7.20. The molecule has 0 bridgehead atoms. The molecule has 0 aromatic heterocycles. The lowest BCUT2D eigenvalue weighted by atomic mass is 9.94. The van der Waals surface area contributed by atoms with Crippen LogP contribution < -0.4 is 5.73 Å².